The second-order valence-corrected chi connectivity index (χ2v) is 9.99. The molecular weight excluding hydrogens is 344 g/mol. The first-order chi connectivity index (χ1) is 13.3. The largest absolute Gasteiger partial charge is 0.466 e. The van der Waals surface area contributed by atoms with Crippen molar-refractivity contribution in [2.45, 2.75) is 60.7 Å². The van der Waals surface area contributed by atoms with Gasteiger partial charge in [-0.25, -0.2) is 0 Å². The molecule has 0 spiro atoms. The lowest BCUT2D eigenvalue weighted by atomic mass is 9.69. The number of benzene rings is 1. The Morgan fingerprint density at radius 2 is 1.79 bits per heavy atom. The maximum Gasteiger partial charge on any atom is 0.196 e. The number of ether oxygens (including phenoxy) is 2. The average molecular weight is 383 g/mol. The zero-order valence-electron chi connectivity index (χ0n) is 18.5. The van der Waals surface area contributed by atoms with Crippen molar-refractivity contribution < 1.29 is 9.47 Å². The van der Waals surface area contributed by atoms with Crippen LogP contribution in [0.4, 0.5) is 0 Å². The van der Waals surface area contributed by atoms with E-state index < -0.39 is 0 Å². The molecule has 2 heteroatoms. The van der Waals surface area contributed by atoms with E-state index in [1.54, 1.807) is 0 Å². The van der Waals surface area contributed by atoms with Crippen LogP contribution in [0.1, 0.15) is 53.5 Å². The van der Waals surface area contributed by atoms with Crippen LogP contribution in [0.25, 0.3) is 0 Å². The Balaban J connectivity index is 1.55. The maximum absolute atomic E-state index is 6.11. The fourth-order valence-corrected chi connectivity index (χ4v) is 5.22. The van der Waals surface area contributed by atoms with Crippen LogP contribution in [0.3, 0.4) is 0 Å². The van der Waals surface area contributed by atoms with Gasteiger partial charge in [0.15, 0.2) is 6.29 Å². The van der Waals surface area contributed by atoms with Crippen molar-refractivity contribution in [1.82, 2.24) is 0 Å². The molecule has 0 heterocycles. The predicted octanol–water partition coefficient (Wildman–Crippen LogP) is 6.63. The Bertz CT molecular complexity index is 680. The molecule has 1 saturated carbocycles. The molecule has 28 heavy (non-hydrogen) atoms. The van der Waals surface area contributed by atoms with Crippen LogP contribution in [0.15, 0.2) is 54.3 Å². The first kappa shape index (κ1) is 21.2. The van der Waals surface area contributed by atoms with Crippen LogP contribution < -0.4 is 0 Å². The summed E-state index contributed by atoms with van der Waals surface area (Å²) < 4.78 is 12.0. The van der Waals surface area contributed by atoms with E-state index in [-0.39, 0.29) is 6.29 Å². The molecule has 0 bridgehead atoms. The molecule has 5 unspecified atom stereocenters. The van der Waals surface area contributed by atoms with E-state index in [1.165, 1.54) is 12.0 Å². The van der Waals surface area contributed by atoms with Crippen molar-refractivity contribution >= 4 is 0 Å². The van der Waals surface area contributed by atoms with Crippen molar-refractivity contribution in [3.8, 4) is 0 Å². The van der Waals surface area contributed by atoms with Crippen LogP contribution in [0.5, 0.6) is 0 Å². The molecule has 0 N–H and O–H groups in total. The third-order valence-corrected chi connectivity index (χ3v) is 6.56. The van der Waals surface area contributed by atoms with Gasteiger partial charge in [0.25, 0.3) is 0 Å². The van der Waals surface area contributed by atoms with E-state index in [1.807, 2.05) is 13.0 Å². The highest BCUT2D eigenvalue weighted by molar-refractivity contribution is 5.24. The maximum atomic E-state index is 6.11. The highest BCUT2D eigenvalue weighted by Gasteiger charge is 2.47. The fraction of sp³-hybridized carbons (Fsp3) is 0.615. The molecule has 5 atom stereocenters. The second kappa shape index (κ2) is 8.86. The molecule has 1 fully saturated rings. The van der Waals surface area contributed by atoms with E-state index in [0.717, 1.165) is 24.0 Å². The van der Waals surface area contributed by atoms with Crippen molar-refractivity contribution in [2.75, 3.05) is 6.61 Å². The first-order valence-electron chi connectivity index (χ1n) is 11.0. The van der Waals surface area contributed by atoms with Gasteiger partial charge in [-0.15, -0.1) is 0 Å². The number of hydrogen-bond donors (Lipinski definition) is 0. The van der Waals surface area contributed by atoms with Crippen LogP contribution in [0, 0.1) is 35.0 Å². The Kier molecular flexibility index (Phi) is 6.70. The van der Waals surface area contributed by atoms with Gasteiger partial charge >= 0.3 is 0 Å². The quantitative estimate of drug-likeness (QED) is 0.493. The molecule has 0 saturated heterocycles. The second-order valence-electron chi connectivity index (χ2n) is 9.99. The molecule has 0 radical (unpaired) electrons. The van der Waals surface area contributed by atoms with Crippen LogP contribution in [-0.4, -0.2) is 12.9 Å². The zero-order valence-corrected chi connectivity index (χ0v) is 18.5. The lowest BCUT2D eigenvalue weighted by Gasteiger charge is -2.36. The van der Waals surface area contributed by atoms with E-state index in [9.17, 15) is 0 Å². The van der Waals surface area contributed by atoms with Crippen molar-refractivity contribution in [1.29, 1.82) is 0 Å². The summed E-state index contributed by atoms with van der Waals surface area (Å²) in [7, 11) is 0. The van der Waals surface area contributed by atoms with Gasteiger partial charge in [-0.05, 0) is 72.5 Å². The summed E-state index contributed by atoms with van der Waals surface area (Å²) in [5.41, 5.74) is 1.65. The van der Waals surface area contributed by atoms with E-state index in [4.69, 9.17) is 9.47 Å². The van der Waals surface area contributed by atoms with Gasteiger partial charge in [0, 0.05) is 0 Å². The van der Waals surface area contributed by atoms with Gasteiger partial charge in [0.1, 0.15) is 5.76 Å². The van der Waals surface area contributed by atoms with E-state index in [2.05, 4.69) is 77.1 Å². The summed E-state index contributed by atoms with van der Waals surface area (Å²) in [5.74, 6) is 4.42. The molecule has 154 valence electrons. The van der Waals surface area contributed by atoms with Crippen LogP contribution in [-0.2, 0) is 15.9 Å². The minimum atomic E-state index is -0.225. The summed E-state index contributed by atoms with van der Waals surface area (Å²) in [6, 6.07) is 10.5. The van der Waals surface area contributed by atoms with E-state index in [0.29, 0.717) is 29.8 Å². The summed E-state index contributed by atoms with van der Waals surface area (Å²) in [5, 5.41) is 0. The Morgan fingerprint density at radius 3 is 2.43 bits per heavy atom. The van der Waals surface area contributed by atoms with Crippen LogP contribution in [0.2, 0.25) is 0 Å². The Hall–Kier alpha value is -1.54. The molecule has 2 aliphatic carbocycles. The fourth-order valence-electron chi connectivity index (χ4n) is 5.22. The third kappa shape index (κ3) is 5.08. The number of allylic oxidation sites excluding steroid dienone is 3. The third-order valence-electron chi connectivity index (χ3n) is 6.56. The molecular formula is C26H38O2. The monoisotopic (exact) mass is 382 g/mol. The molecule has 1 aromatic rings. The minimum absolute atomic E-state index is 0.225. The van der Waals surface area contributed by atoms with Gasteiger partial charge in [-0.3, -0.25) is 0 Å². The highest BCUT2D eigenvalue weighted by Crippen LogP contribution is 2.54. The lowest BCUT2D eigenvalue weighted by Crippen LogP contribution is -2.30. The average Bonchev–Trinajstić information content (AvgIpc) is 3.02. The number of fused-ring (bicyclic) bond motifs is 1. The highest BCUT2D eigenvalue weighted by atomic mass is 16.7. The summed E-state index contributed by atoms with van der Waals surface area (Å²) in [6.45, 7) is 14.6. The van der Waals surface area contributed by atoms with Crippen molar-refractivity contribution in [3.05, 3.63) is 59.9 Å². The zero-order chi connectivity index (χ0) is 20.3. The van der Waals surface area contributed by atoms with Gasteiger partial charge in [-0.1, -0.05) is 71.0 Å². The molecule has 1 aromatic carbocycles. The number of hydrogen-bond acceptors (Lipinski definition) is 2. The Labute approximate surface area is 172 Å². The van der Waals surface area contributed by atoms with Crippen molar-refractivity contribution in [3.63, 3.8) is 0 Å². The molecule has 2 aliphatic rings. The minimum Gasteiger partial charge on any atom is -0.466 e. The number of rotatable bonds is 7. The summed E-state index contributed by atoms with van der Waals surface area (Å²) in [6.07, 6.45) is 8.90. The van der Waals surface area contributed by atoms with Gasteiger partial charge in [0.05, 0.1) is 6.61 Å². The van der Waals surface area contributed by atoms with Gasteiger partial charge < -0.3 is 9.47 Å². The smallest absolute Gasteiger partial charge is 0.196 e. The predicted molar refractivity (Wildman–Crippen MR) is 117 cm³/mol. The van der Waals surface area contributed by atoms with Crippen molar-refractivity contribution in [2.24, 2.45) is 35.0 Å². The molecule has 0 aromatic heterocycles. The standard InChI is InChI=1S/C26H38O2/c1-18(2)25-23-13-12-22(16-21(23)17-24(25)26(4,5)6)28-19(3)27-15-14-20-10-8-7-9-11-20/h7-13,16,18-19,21,23-25H,14-15,17H2,1-6H3. The normalized spacial score (nSPS) is 28.2. The molecule has 2 nitrogen and oxygen atoms in total. The summed E-state index contributed by atoms with van der Waals surface area (Å²) in [4.78, 5) is 0. The molecule has 0 amide bonds. The lowest BCUT2D eigenvalue weighted by molar-refractivity contribution is -0.0997. The van der Waals surface area contributed by atoms with Crippen LogP contribution >= 0.6 is 0 Å². The van der Waals surface area contributed by atoms with Gasteiger partial charge in [0.2, 0.25) is 0 Å². The first-order valence-corrected chi connectivity index (χ1v) is 11.0. The Morgan fingerprint density at radius 1 is 1.07 bits per heavy atom. The molecule has 0 aliphatic heterocycles. The summed E-state index contributed by atoms with van der Waals surface area (Å²) >= 11 is 0. The molecule has 3 rings (SSSR count). The topological polar surface area (TPSA) is 18.5 Å². The SMILES string of the molecule is CC(OCCc1ccccc1)OC1=CC2CC(C(C)(C)C)C(C(C)C)C2C=C1. The van der Waals surface area contributed by atoms with E-state index >= 15 is 0 Å². The van der Waals surface area contributed by atoms with Gasteiger partial charge in [-0.2, -0.15) is 0 Å².